The van der Waals surface area contributed by atoms with E-state index in [0.717, 1.165) is 0 Å². The van der Waals surface area contributed by atoms with Crippen LogP contribution < -0.4 is 5.73 Å². The van der Waals surface area contributed by atoms with Crippen LogP contribution in [0.2, 0.25) is 5.02 Å². The second kappa shape index (κ2) is 5.00. The molecule has 1 atom stereocenters. The van der Waals surface area contributed by atoms with Gasteiger partial charge in [-0.05, 0) is 24.6 Å². The topological polar surface area (TPSA) is 72.5 Å². The average Bonchev–Trinajstić information content (AvgIpc) is 2.21. The van der Waals surface area contributed by atoms with Crippen LogP contribution in [0, 0.1) is 0 Å². The number of phenolic OH excluding ortho intramolecular Hbond substituents is 1. The van der Waals surface area contributed by atoms with E-state index in [1.165, 1.54) is 18.2 Å². The van der Waals surface area contributed by atoms with Gasteiger partial charge < -0.3 is 15.6 Å². The molecule has 1 aromatic rings. The second-order valence-electron chi connectivity index (χ2n) is 2.94. The zero-order valence-electron chi connectivity index (χ0n) is 8.24. The van der Waals surface area contributed by atoms with Crippen LogP contribution in [0.4, 0.5) is 0 Å². The molecule has 0 aliphatic heterocycles. The van der Waals surface area contributed by atoms with Crippen molar-refractivity contribution in [3.8, 4) is 5.75 Å². The van der Waals surface area contributed by atoms with Crippen molar-refractivity contribution in [3.63, 3.8) is 0 Å². The van der Waals surface area contributed by atoms with Gasteiger partial charge in [-0.15, -0.1) is 0 Å². The minimum atomic E-state index is -0.872. The molecule has 0 saturated heterocycles. The Bertz CT molecular complexity index is 368. The van der Waals surface area contributed by atoms with Crippen LogP contribution in [0.25, 0.3) is 0 Å². The highest BCUT2D eigenvalue weighted by molar-refractivity contribution is 6.32. The first-order chi connectivity index (χ1) is 7.06. The van der Waals surface area contributed by atoms with Gasteiger partial charge in [0, 0.05) is 0 Å². The highest BCUT2D eigenvalue weighted by atomic mass is 35.5. The van der Waals surface area contributed by atoms with E-state index >= 15 is 0 Å². The summed E-state index contributed by atoms with van der Waals surface area (Å²) in [5, 5.41) is 9.34. The Morgan fingerprint density at radius 2 is 2.33 bits per heavy atom. The molecule has 0 aliphatic carbocycles. The molecule has 3 N–H and O–H groups in total. The van der Waals surface area contributed by atoms with Crippen molar-refractivity contribution < 1.29 is 14.6 Å². The number of nitrogens with two attached hydrogens (primary N) is 1. The maximum Gasteiger partial charge on any atom is 0.327 e. The van der Waals surface area contributed by atoms with Crippen LogP contribution in [0.5, 0.6) is 5.75 Å². The maximum absolute atomic E-state index is 11.3. The predicted octanol–water partition coefficient (Wildman–Crippen LogP) is 1.61. The molecule has 1 aromatic carbocycles. The number of carbonyl (C=O) groups is 1. The molecule has 0 aliphatic rings. The average molecular weight is 230 g/mol. The van der Waals surface area contributed by atoms with Gasteiger partial charge in [0.1, 0.15) is 11.8 Å². The van der Waals surface area contributed by atoms with Crippen LogP contribution in [0.1, 0.15) is 18.5 Å². The fourth-order valence-electron chi connectivity index (χ4n) is 1.08. The van der Waals surface area contributed by atoms with Crippen LogP contribution in [0.15, 0.2) is 18.2 Å². The minimum Gasteiger partial charge on any atom is -0.506 e. The highest BCUT2D eigenvalue weighted by Crippen LogP contribution is 2.26. The van der Waals surface area contributed by atoms with E-state index in [9.17, 15) is 9.90 Å². The summed E-state index contributed by atoms with van der Waals surface area (Å²) < 4.78 is 4.76. The summed E-state index contributed by atoms with van der Waals surface area (Å²) in [6.07, 6.45) is 0. The predicted molar refractivity (Wildman–Crippen MR) is 56.7 cm³/mol. The molecule has 0 spiro atoms. The Morgan fingerprint density at radius 3 is 2.87 bits per heavy atom. The lowest BCUT2D eigenvalue weighted by Crippen LogP contribution is -2.23. The van der Waals surface area contributed by atoms with Gasteiger partial charge in [-0.2, -0.15) is 0 Å². The van der Waals surface area contributed by atoms with E-state index < -0.39 is 12.0 Å². The summed E-state index contributed by atoms with van der Waals surface area (Å²) in [5.41, 5.74) is 6.14. The van der Waals surface area contributed by atoms with E-state index in [2.05, 4.69) is 0 Å². The summed E-state index contributed by atoms with van der Waals surface area (Å²) >= 11 is 5.68. The van der Waals surface area contributed by atoms with E-state index in [4.69, 9.17) is 22.1 Å². The number of rotatable bonds is 3. The van der Waals surface area contributed by atoms with Crippen LogP contribution in [-0.4, -0.2) is 17.7 Å². The normalized spacial score (nSPS) is 12.2. The number of carbonyl (C=O) groups excluding carboxylic acids is 1. The molecule has 0 aromatic heterocycles. The van der Waals surface area contributed by atoms with Gasteiger partial charge in [0.2, 0.25) is 0 Å². The minimum absolute atomic E-state index is 0.0449. The summed E-state index contributed by atoms with van der Waals surface area (Å²) in [7, 11) is 0. The fraction of sp³-hybridized carbons (Fsp3) is 0.300. The zero-order chi connectivity index (χ0) is 11.4. The van der Waals surface area contributed by atoms with Gasteiger partial charge in [-0.3, -0.25) is 0 Å². The Labute approximate surface area is 92.6 Å². The van der Waals surface area contributed by atoms with Crippen molar-refractivity contribution in [2.45, 2.75) is 13.0 Å². The number of esters is 1. The van der Waals surface area contributed by atoms with Crippen molar-refractivity contribution in [1.29, 1.82) is 0 Å². The maximum atomic E-state index is 11.3. The standard InChI is InChI=1S/C10H12ClNO3/c1-2-15-10(14)9(12)6-3-4-8(13)7(11)5-6/h3-5,9,13H,2,12H2,1H3/t9-/m1/s1. The van der Waals surface area contributed by atoms with Crippen LogP contribution in [0.3, 0.4) is 0 Å². The van der Waals surface area contributed by atoms with Crippen LogP contribution in [-0.2, 0) is 9.53 Å². The molecular weight excluding hydrogens is 218 g/mol. The molecule has 82 valence electrons. The molecule has 5 heteroatoms. The lowest BCUT2D eigenvalue weighted by Gasteiger charge is -2.11. The number of benzene rings is 1. The number of phenols is 1. The van der Waals surface area contributed by atoms with E-state index in [1.54, 1.807) is 6.92 Å². The molecule has 0 unspecified atom stereocenters. The van der Waals surface area contributed by atoms with Crippen molar-refractivity contribution in [2.24, 2.45) is 5.73 Å². The summed E-state index contributed by atoms with van der Waals surface area (Å²) in [6.45, 7) is 1.98. The quantitative estimate of drug-likeness (QED) is 0.773. The van der Waals surface area contributed by atoms with Crippen molar-refractivity contribution in [1.82, 2.24) is 0 Å². The van der Waals surface area contributed by atoms with Gasteiger partial charge in [-0.1, -0.05) is 17.7 Å². The molecule has 0 fully saturated rings. The monoisotopic (exact) mass is 229 g/mol. The van der Waals surface area contributed by atoms with E-state index in [0.29, 0.717) is 5.56 Å². The molecule has 0 heterocycles. The molecule has 4 nitrogen and oxygen atoms in total. The third-order valence-corrected chi connectivity index (χ3v) is 2.17. The third kappa shape index (κ3) is 2.84. The first-order valence-electron chi connectivity index (χ1n) is 4.47. The number of halogens is 1. The van der Waals surface area contributed by atoms with Gasteiger partial charge in [0.05, 0.1) is 11.6 Å². The van der Waals surface area contributed by atoms with Gasteiger partial charge >= 0.3 is 5.97 Å². The molecule has 15 heavy (non-hydrogen) atoms. The molecule has 1 rings (SSSR count). The fourth-order valence-corrected chi connectivity index (χ4v) is 1.27. The first-order valence-corrected chi connectivity index (χ1v) is 4.84. The summed E-state index contributed by atoms with van der Waals surface area (Å²) in [6, 6.07) is 3.49. The lowest BCUT2D eigenvalue weighted by molar-refractivity contribution is -0.144. The molecule has 0 bridgehead atoms. The van der Waals surface area contributed by atoms with Gasteiger partial charge in [-0.25, -0.2) is 4.79 Å². The smallest absolute Gasteiger partial charge is 0.327 e. The molecular formula is C10H12ClNO3. The molecule has 0 radical (unpaired) electrons. The Morgan fingerprint density at radius 1 is 1.67 bits per heavy atom. The third-order valence-electron chi connectivity index (χ3n) is 1.87. The number of hydrogen-bond acceptors (Lipinski definition) is 4. The molecule has 0 saturated carbocycles. The largest absolute Gasteiger partial charge is 0.506 e. The summed E-state index contributed by atoms with van der Waals surface area (Å²) in [5.74, 6) is -0.560. The van der Waals surface area contributed by atoms with Crippen molar-refractivity contribution in [2.75, 3.05) is 6.61 Å². The second-order valence-corrected chi connectivity index (χ2v) is 3.35. The lowest BCUT2D eigenvalue weighted by atomic mass is 10.1. The van der Waals surface area contributed by atoms with Crippen molar-refractivity contribution in [3.05, 3.63) is 28.8 Å². The van der Waals surface area contributed by atoms with Crippen LogP contribution >= 0.6 is 11.6 Å². The Hall–Kier alpha value is -1.26. The number of aromatic hydroxyl groups is 1. The van der Waals surface area contributed by atoms with E-state index in [1.807, 2.05) is 0 Å². The van der Waals surface area contributed by atoms with E-state index in [-0.39, 0.29) is 17.4 Å². The first kappa shape index (κ1) is 11.8. The summed E-state index contributed by atoms with van der Waals surface area (Å²) in [4.78, 5) is 11.3. The Kier molecular flexibility index (Phi) is 3.94. The van der Waals surface area contributed by atoms with Gasteiger partial charge in [0.25, 0.3) is 0 Å². The SMILES string of the molecule is CCOC(=O)[C@H](N)c1ccc(O)c(Cl)c1. The number of hydrogen-bond donors (Lipinski definition) is 2. The van der Waals surface area contributed by atoms with Crippen molar-refractivity contribution >= 4 is 17.6 Å². The van der Waals surface area contributed by atoms with Gasteiger partial charge in [0.15, 0.2) is 0 Å². The number of ether oxygens (including phenoxy) is 1. The highest BCUT2D eigenvalue weighted by Gasteiger charge is 2.17. The molecule has 0 amide bonds. The zero-order valence-corrected chi connectivity index (χ0v) is 8.99. The Balaban J connectivity index is 2.86.